The fourth-order valence-electron chi connectivity index (χ4n) is 1.70. The summed E-state index contributed by atoms with van der Waals surface area (Å²) in [6.07, 6.45) is 3.24. The highest BCUT2D eigenvalue weighted by atomic mass is 16.4. The minimum Gasteiger partial charge on any atom is -0.480 e. The molecule has 112 valence electrons. The number of rotatable bonds is 8. The predicted octanol–water partition coefficient (Wildman–Crippen LogP) is -0.214. The molecule has 1 aromatic heterocycles. The molecule has 0 unspecified atom stereocenters. The van der Waals surface area contributed by atoms with Gasteiger partial charge in [-0.1, -0.05) is 0 Å². The Morgan fingerprint density at radius 1 is 1.50 bits per heavy atom. The molecule has 0 aliphatic rings. The number of urea groups is 1. The smallest absolute Gasteiger partial charge is 0.326 e. The van der Waals surface area contributed by atoms with E-state index in [1.54, 1.807) is 6.20 Å². The first kappa shape index (κ1) is 16.0. The second-order valence-electron chi connectivity index (χ2n) is 4.43. The van der Waals surface area contributed by atoms with Gasteiger partial charge in [0.1, 0.15) is 6.04 Å². The molecule has 5 N–H and O–H groups in total. The van der Waals surface area contributed by atoms with Gasteiger partial charge in [0, 0.05) is 25.3 Å². The van der Waals surface area contributed by atoms with Crippen molar-refractivity contribution < 1.29 is 19.8 Å². The van der Waals surface area contributed by atoms with Crippen molar-refractivity contribution in [2.45, 2.75) is 32.2 Å². The van der Waals surface area contributed by atoms with Crippen molar-refractivity contribution in [3.05, 3.63) is 17.5 Å². The molecule has 1 heterocycles. The average molecular weight is 284 g/mol. The molecule has 20 heavy (non-hydrogen) atoms. The fourth-order valence-corrected chi connectivity index (χ4v) is 1.70. The molecular weight excluding hydrogens is 264 g/mol. The van der Waals surface area contributed by atoms with E-state index in [4.69, 9.17) is 10.2 Å². The van der Waals surface area contributed by atoms with E-state index >= 15 is 0 Å². The molecule has 1 rings (SSSR count). The van der Waals surface area contributed by atoms with Gasteiger partial charge in [0.15, 0.2) is 0 Å². The number of amides is 2. The topological polar surface area (TPSA) is 127 Å². The zero-order chi connectivity index (χ0) is 15.0. The molecule has 8 nitrogen and oxygen atoms in total. The number of hydrogen-bond acceptors (Lipinski definition) is 4. The van der Waals surface area contributed by atoms with Crippen LogP contribution in [-0.2, 0) is 11.2 Å². The first-order valence-electron chi connectivity index (χ1n) is 6.41. The number of aromatic nitrogens is 2. The number of aliphatic carboxylic acids is 1. The molecule has 0 radical (unpaired) electrons. The molecule has 1 atom stereocenters. The maximum atomic E-state index is 11.5. The standard InChI is InChI=1S/C12H20N4O4/c1-8-9(7-14-16-8)3-2-5-13-12(20)15-10(4-6-17)11(18)19/h7,10,17H,2-6H2,1H3,(H,14,16)(H,18,19)(H2,13,15,20)/t10-/m1/s1. The van der Waals surface area contributed by atoms with Gasteiger partial charge >= 0.3 is 12.0 Å². The van der Waals surface area contributed by atoms with Gasteiger partial charge in [-0.05, 0) is 25.3 Å². The second-order valence-corrected chi connectivity index (χ2v) is 4.43. The van der Waals surface area contributed by atoms with Gasteiger partial charge in [-0.3, -0.25) is 5.10 Å². The van der Waals surface area contributed by atoms with Gasteiger partial charge in [-0.25, -0.2) is 9.59 Å². The molecule has 1 aromatic rings. The number of hydrogen-bond donors (Lipinski definition) is 5. The molecule has 0 saturated carbocycles. The first-order valence-corrected chi connectivity index (χ1v) is 6.41. The van der Waals surface area contributed by atoms with Crippen molar-refractivity contribution in [2.75, 3.05) is 13.2 Å². The zero-order valence-electron chi connectivity index (χ0n) is 11.3. The molecular formula is C12H20N4O4. The molecule has 0 fully saturated rings. The largest absolute Gasteiger partial charge is 0.480 e. The fraction of sp³-hybridized carbons (Fsp3) is 0.583. The van der Waals surface area contributed by atoms with Crippen molar-refractivity contribution in [1.29, 1.82) is 0 Å². The summed E-state index contributed by atoms with van der Waals surface area (Å²) < 4.78 is 0. The minimum atomic E-state index is -1.16. The number of carboxylic acids is 1. The summed E-state index contributed by atoms with van der Waals surface area (Å²) >= 11 is 0. The third-order valence-electron chi connectivity index (χ3n) is 2.86. The normalized spacial score (nSPS) is 11.9. The number of aryl methyl sites for hydroxylation is 2. The zero-order valence-corrected chi connectivity index (χ0v) is 11.3. The maximum absolute atomic E-state index is 11.5. The number of H-pyrrole nitrogens is 1. The van der Waals surface area contributed by atoms with Crippen molar-refractivity contribution in [3.63, 3.8) is 0 Å². The Labute approximate surface area is 116 Å². The molecule has 0 aliphatic heterocycles. The van der Waals surface area contributed by atoms with Crippen molar-refractivity contribution in [3.8, 4) is 0 Å². The van der Waals surface area contributed by atoms with Crippen LogP contribution in [0.5, 0.6) is 0 Å². The number of carboxylic acid groups (broad SMARTS) is 1. The van der Waals surface area contributed by atoms with Crippen LogP contribution in [0.15, 0.2) is 6.20 Å². The van der Waals surface area contributed by atoms with Crippen LogP contribution >= 0.6 is 0 Å². The third-order valence-corrected chi connectivity index (χ3v) is 2.86. The Bertz CT molecular complexity index is 446. The Morgan fingerprint density at radius 3 is 2.80 bits per heavy atom. The van der Waals surface area contributed by atoms with Crippen LogP contribution in [0.4, 0.5) is 4.79 Å². The summed E-state index contributed by atoms with van der Waals surface area (Å²) in [4.78, 5) is 22.3. The van der Waals surface area contributed by atoms with Crippen molar-refractivity contribution >= 4 is 12.0 Å². The van der Waals surface area contributed by atoms with Crippen LogP contribution in [0.25, 0.3) is 0 Å². The predicted molar refractivity (Wildman–Crippen MR) is 71.3 cm³/mol. The quantitative estimate of drug-likeness (QED) is 0.422. The van der Waals surface area contributed by atoms with Gasteiger partial charge in [0.25, 0.3) is 0 Å². The molecule has 0 spiro atoms. The number of carbonyl (C=O) groups is 2. The monoisotopic (exact) mass is 284 g/mol. The number of nitrogens with zero attached hydrogens (tertiary/aromatic N) is 1. The Kier molecular flexibility index (Phi) is 6.51. The number of aliphatic hydroxyl groups is 1. The summed E-state index contributed by atoms with van der Waals surface area (Å²) in [7, 11) is 0. The Balaban J connectivity index is 2.22. The molecule has 0 bridgehead atoms. The van der Waals surface area contributed by atoms with Crippen LogP contribution in [0.3, 0.4) is 0 Å². The van der Waals surface area contributed by atoms with E-state index < -0.39 is 18.0 Å². The molecule has 8 heteroatoms. The van der Waals surface area contributed by atoms with Crippen LogP contribution in [0, 0.1) is 6.92 Å². The first-order chi connectivity index (χ1) is 9.54. The van der Waals surface area contributed by atoms with Gasteiger partial charge in [0.2, 0.25) is 0 Å². The summed E-state index contributed by atoms with van der Waals surface area (Å²) in [6, 6.07) is -1.62. The van der Waals surface area contributed by atoms with Crippen LogP contribution in [0.1, 0.15) is 24.1 Å². The highest BCUT2D eigenvalue weighted by Crippen LogP contribution is 2.04. The lowest BCUT2D eigenvalue weighted by molar-refractivity contribution is -0.139. The SMILES string of the molecule is Cc1[nH]ncc1CCCNC(=O)N[C@H](CCO)C(=O)O. The lowest BCUT2D eigenvalue weighted by Crippen LogP contribution is -2.46. The average Bonchev–Trinajstić information content (AvgIpc) is 2.80. The number of aromatic amines is 1. The van der Waals surface area contributed by atoms with E-state index in [1.165, 1.54) is 0 Å². The van der Waals surface area contributed by atoms with E-state index in [1.807, 2.05) is 6.92 Å². The van der Waals surface area contributed by atoms with Crippen LogP contribution < -0.4 is 10.6 Å². The molecule has 0 saturated heterocycles. The van der Waals surface area contributed by atoms with Crippen molar-refractivity contribution in [1.82, 2.24) is 20.8 Å². The summed E-state index contributed by atoms with van der Waals surface area (Å²) in [5.41, 5.74) is 2.10. The van der Waals surface area contributed by atoms with Crippen LogP contribution in [0.2, 0.25) is 0 Å². The lowest BCUT2D eigenvalue weighted by Gasteiger charge is -2.13. The third kappa shape index (κ3) is 5.27. The van der Waals surface area contributed by atoms with Gasteiger partial charge in [0.05, 0.1) is 6.20 Å². The van der Waals surface area contributed by atoms with Gasteiger partial charge in [-0.15, -0.1) is 0 Å². The molecule has 2 amide bonds. The van der Waals surface area contributed by atoms with Gasteiger partial charge < -0.3 is 20.8 Å². The van der Waals surface area contributed by atoms with Crippen molar-refractivity contribution in [2.24, 2.45) is 0 Å². The van der Waals surface area contributed by atoms with Crippen LogP contribution in [-0.4, -0.2) is 51.6 Å². The molecule has 0 aromatic carbocycles. The maximum Gasteiger partial charge on any atom is 0.326 e. The van der Waals surface area contributed by atoms with E-state index in [0.717, 1.165) is 24.1 Å². The van der Waals surface area contributed by atoms with E-state index in [9.17, 15) is 9.59 Å². The lowest BCUT2D eigenvalue weighted by atomic mass is 10.1. The Morgan fingerprint density at radius 2 is 2.25 bits per heavy atom. The highest BCUT2D eigenvalue weighted by molar-refractivity contribution is 5.82. The number of aliphatic hydroxyl groups excluding tert-OH is 1. The van der Waals surface area contributed by atoms with E-state index in [2.05, 4.69) is 20.8 Å². The second kappa shape index (κ2) is 8.16. The Hall–Kier alpha value is -2.09. The summed E-state index contributed by atoms with van der Waals surface area (Å²) in [5.74, 6) is -1.16. The molecule has 0 aliphatic carbocycles. The number of nitrogens with one attached hydrogen (secondary N) is 3. The summed E-state index contributed by atoms with van der Waals surface area (Å²) in [6.45, 7) is 2.06. The highest BCUT2D eigenvalue weighted by Gasteiger charge is 2.18. The van der Waals surface area contributed by atoms with E-state index in [0.29, 0.717) is 6.54 Å². The summed E-state index contributed by atoms with van der Waals surface area (Å²) in [5, 5.41) is 29.1. The van der Waals surface area contributed by atoms with E-state index in [-0.39, 0.29) is 13.0 Å². The minimum absolute atomic E-state index is 0.0169. The van der Waals surface area contributed by atoms with Gasteiger partial charge in [-0.2, -0.15) is 5.10 Å². The number of carbonyl (C=O) groups excluding carboxylic acids is 1.